The minimum absolute atomic E-state index is 0.161. The molecule has 0 radical (unpaired) electrons. The summed E-state index contributed by atoms with van der Waals surface area (Å²) in [4.78, 5) is 25.7. The number of aryl methyl sites for hydroxylation is 1. The topological polar surface area (TPSA) is 54.3 Å². The van der Waals surface area contributed by atoms with Gasteiger partial charge in [0, 0.05) is 50.4 Å². The summed E-state index contributed by atoms with van der Waals surface area (Å²) in [6.07, 6.45) is 4.12. The number of benzene rings is 1. The summed E-state index contributed by atoms with van der Waals surface area (Å²) < 4.78 is 2.08. The number of carbonyl (C=O) groups is 1. The highest BCUT2D eigenvalue weighted by molar-refractivity contribution is 5.87. The van der Waals surface area contributed by atoms with Crippen molar-refractivity contribution >= 4 is 16.7 Å². The maximum Gasteiger partial charge on any atom is 0.228 e. The molecule has 0 aliphatic carbocycles. The lowest BCUT2D eigenvalue weighted by molar-refractivity contribution is -0.132. The van der Waals surface area contributed by atoms with Gasteiger partial charge in [0.1, 0.15) is 5.82 Å². The highest BCUT2D eigenvalue weighted by Crippen LogP contribution is 2.25. The zero-order valence-corrected chi connectivity index (χ0v) is 16.1. The molecule has 27 heavy (non-hydrogen) atoms. The maximum absolute atomic E-state index is 12.6. The van der Waals surface area contributed by atoms with E-state index in [1.54, 1.807) is 0 Å². The molecule has 1 aliphatic rings. The van der Waals surface area contributed by atoms with Crippen LogP contribution < -0.4 is 0 Å². The van der Waals surface area contributed by atoms with Crippen molar-refractivity contribution < 1.29 is 4.79 Å². The van der Waals surface area contributed by atoms with Gasteiger partial charge in [0.25, 0.3) is 0 Å². The van der Waals surface area contributed by atoms with Gasteiger partial charge in [-0.05, 0) is 31.5 Å². The molecule has 3 heterocycles. The fraction of sp³-hybridized carbons (Fsp3) is 0.381. The standard InChI is InChI=1S/C21H25N5O/c1-15-22-14-20(25(15)3)16-4-5-17-13-23-19(11-18(17)10-16)12-21(27)26-8-6-24(2)7-9-26/h4-5,10-11,13-14H,6-9,12H2,1-3H3. The number of piperazine rings is 1. The summed E-state index contributed by atoms with van der Waals surface area (Å²) in [7, 11) is 4.11. The average molecular weight is 363 g/mol. The number of pyridine rings is 1. The molecule has 1 aromatic carbocycles. The van der Waals surface area contributed by atoms with Gasteiger partial charge in [-0.1, -0.05) is 12.1 Å². The number of hydrogen-bond donors (Lipinski definition) is 0. The van der Waals surface area contributed by atoms with Crippen LogP contribution in [-0.2, 0) is 18.3 Å². The van der Waals surface area contributed by atoms with E-state index in [1.807, 2.05) is 37.3 Å². The minimum atomic E-state index is 0.161. The van der Waals surface area contributed by atoms with Crippen LogP contribution in [0.4, 0.5) is 0 Å². The largest absolute Gasteiger partial charge is 0.340 e. The van der Waals surface area contributed by atoms with Gasteiger partial charge in [0.05, 0.1) is 24.0 Å². The molecule has 0 spiro atoms. The number of hydrogen-bond acceptors (Lipinski definition) is 4. The van der Waals surface area contributed by atoms with E-state index in [1.165, 1.54) is 0 Å². The predicted octanol–water partition coefficient (Wildman–Crippen LogP) is 2.26. The van der Waals surface area contributed by atoms with Crippen LogP contribution in [0.5, 0.6) is 0 Å². The lowest BCUT2D eigenvalue weighted by Crippen LogP contribution is -2.47. The van der Waals surface area contributed by atoms with Crippen molar-refractivity contribution in [2.45, 2.75) is 13.3 Å². The predicted molar refractivity (Wildman–Crippen MR) is 106 cm³/mol. The molecule has 0 N–H and O–H groups in total. The molecule has 1 fully saturated rings. The molecule has 0 saturated carbocycles. The Morgan fingerprint density at radius 3 is 2.48 bits per heavy atom. The Hall–Kier alpha value is -2.73. The number of likely N-dealkylation sites (N-methyl/N-ethyl adjacent to an activating group) is 1. The van der Waals surface area contributed by atoms with Gasteiger partial charge >= 0.3 is 0 Å². The lowest BCUT2D eigenvalue weighted by Gasteiger charge is -2.32. The Balaban J connectivity index is 1.57. The molecular weight excluding hydrogens is 338 g/mol. The van der Waals surface area contributed by atoms with Crippen LogP contribution >= 0.6 is 0 Å². The second-order valence-electron chi connectivity index (χ2n) is 7.35. The lowest BCUT2D eigenvalue weighted by atomic mass is 10.1. The second kappa shape index (κ2) is 7.12. The molecule has 6 nitrogen and oxygen atoms in total. The summed E-state index contributed by atoms with van der Waals surface area (Å²) in [6.45, 7) is 5.46. The zero-order valence-electron chi connectivity index (χ0n) is 16.1. The van der Waals surface area contributed by atoms with Crippen LogP contribution in [0.25, 0.3) is 22.0 Å². The van der Waals surface area contributed by atoms with Gasteiger partial charge in [-0.2, -0.15) is 0 Å². The van der Waals surface area contributed by atoms with E-state index in [0.717, 1.165) is 59.7 Å². The quantitative estimate of drug-likeness (QED) is 0.716. The SMILES string of the molecule is Cc1ncc(-c2ccc3cnc(CC(=O)N4CCN(C)CC4)cc3c2)n1C. The number of rotatable bonds is 3. The summed E-state index contributed by atoms with van der Waals surface area (Å²) in [5.74, 6) is 1.15. The van der Waals surface area contributed by atoms with Crippen LogP contribution in [-0.4, -0.2) is 63.5 Å². The molecule has 1 saturated heterocycles. The summed E-state index contributed by atoms with van der Waals surface area (Å²) in [5, 5.41) is 2.18. The molecule has 0 atom stereocenters. The van der Waals surface area contributed by atoms with E-state index in [0.29, 0.717) is 6.42 Å². The number of carbonyl (C=O) groups excluding carboxylic acids is 1. The van der Waals surface area contributed by atoms with Crippen LogP contribution in [0, 0.1) is 6.92 Å². The third-order valence-electron chi connectivity index (χ3n) is 5.48. The molecule has 4 rings (SSSR count). The normalized spacial score (nSPS) is 15.4. The molecule has 1 amide bonds. The van der Waals surface area contributed by atoms with E-state index in [2.05, 4.69) is 44.7 Å². The Kier molecular flexibility index (Phi) is 4.66. The highest BCUT2D eigenvalue weighted by Gasteiger charge is 2.19. The van der Waals surface area contributed by atoms with Crippen LogP contribution in [0.1, 0.15) is 11.5 Å². The van der Waals surface area contributed by atoms with E-state index in [-0.39, 0.29) is 5.91 Å². The van der Waals surface area contributed by atoms with Crippen LogP contribution in [0.15, 0.2) is 36.7 Å². The number of imidazole rings is 1. The van der Waals surface area contributed by atoms with Crippen molar-refractivity contribution in [2.75, 3.05) is 33.2 Å². The van der Waals surface area contributed by atoms with Crippen molar-refractivity contribution in [2.24, 2.45) is 7.05 Å². The summed E-state index contributed by atoms with van der Waals surface area (Å²) in [5.41, 5.74) is 3.03. The smallest absolute Gasteiger partial charge is 0.228 e. The van der Waals surface area contributed by atoms with Crippen molar-refractivity contribution in [3.8, 4) is 11.3 Å². The van der Waals surface area contributed by atoms with Crippen molar-refractivity contribution in [3.63, 3.8) is 0 Å². The zero-order chi connectivity index (χ0) is 19.0. The number of aromatic nitrogens is 3. The Morgan fingerprint density at radius 1 is 1.00 bits per heavy atom. The third-order valence-corrected chi connectivity index (χ3v) is 5.48. The summed E-state index contributed by atoms with van der Waals surface area (Å²) in [6, 6.07) is 8.36. The Bertz CT molecular complexity index is 985. The van der Waals surface area contributed by atoms with Crippen molar-refractivity contribution in [3.05, 3.63) is 48.2 Å². The fourth-order valence-corrected chi connectivity index (χ4v) is 3.54. The third kappa shape index (κ3) is 3.57. The molecule has 3 aromatic rings. The van der Waals surface area contributed by atoms with E-state index in [4.69, 9.17) is 0 Å². The highest BCUT2D eigenvalue weighted by atomic mass is 16.2. The van der Waals surface area contributed by atoms with Crippen LogP contribution in [0.3, 0.4) is 0 Å². The van der Waals surface area contributed by atoms with E-state index < -0.39 is 0 Å². The van der Waals surface area contributed by atoms with Crippen molar-refractivity contribution in [1.29, 1.82) is 0 Å². The van der Waals surface area contributed by atoms with Gasteiger partial charge < -0.3 is 14.4 Å². The van der Waals surface area contributed by atoms with E-state index in [9.17, 15) is 4.79 Å². The van der Waals surface area contributed by atoms with Gasteiger partial charge in [0.15, 0.2) is 0 Å². The maximum atomic E-state index is 12.6. The number of amides is 1. The van der Waals surface area contributed by atoms with E-state index >= 15 is 0 Å². The first kappa shape index (κ1) is 17.7. The summed E-state index contributed by atoms with van der Waals surface area (Å²) >= 11 is 0. The molecule has 2 aromatic heterocycles. The molecular formula is C21H25N5O. The van der Waals surface area contributed by atoms with Gasteiger partial charge in [0.2, 0.25) is 5.91 Å². The molecule has 140 valence electrons. The first-order valence-corrected chi connectivity index (χ1v) is 9.35. The first-order chi connectivity index (χ1) is 13.0. The van der Waals surface area contributed by atoms with Crippen LogP contribution in [0.2, 0.25) is 0 Å². The van der Waals surface area contributed by atoms with Gasteiger partial charge in [-0.3, -0.25) is 9.78 Å². The molecule has 0 bridgehead atoms. The number of fused-ring (bicyclic) bond motifs is 1. The Labute approximate surface area is 159 Å². The average Bonchev–Trinajstić information content (AvgIpc) is 3.00. The Morgan fingerprint density at radius 2 is 1.78 bits per heavy atom. The fourth-order valence-electron chi connectivity index (χ4n) is 3.54. The first-order valence-electron chi connectivity index (χ1n) is 9.35. The van der Waals surface area contributed by atoms with Crippen molar-refractivity contribution in [1.82, 2.24) is 24.3 Å². The molecule has 6 heteroatoms. The monoisotopic (exact) mass is 363 g/mol. The molecule has 1 aliphatic heterocycles. The minimum Gasteiger partial charge on any atom is -0.340 e. The van der Waals surface area contributed by atoms with Gasteiger partial charge in [-0.25, -0.2) is 4.98 Å². The molecule has 0 unspecified atom stereocenters. The second-order valence-corrected chi connectivity index (χ2v) is 7.35. The number of nitrogens with zero attached hydrogens (tertiary/aromatic N) is 5. The van der Waals surface area contributed by atoms with Gasteiger partial charge in [-0.15, -0.1) is 0 Å².